The number of thiazole rings is 1. The number of fused-ring (bicyclic) bond motifs is 1. The number of methoxy groups -OCH3 is 1. The summed E-state index contributed by atoms with van der Waals surface area (Å²) in [5, 5.41) is 0.666. The van der Waals surface area contributed by atoms with Crippen LogP contribution >= 0.6 is 39.7 Å². The molecule has 1 aromatic heterocycles. The molecule has 2 aromatic carbocycles. The van der Waals surface area contributed by atoms with E-state index in [0.29, 0.717) is 22.8 Å². The van der Waals surface area contributed by atoms with Gasteiger partial charge in [-0.25, -0.2) is 9.78 Å². The summed E-state index contributed by atoms with van der Waals surface area (Å²) in [7, 11) is 5.35. The molecule has 0 aliphatic heterocycles. The second-order valence-corrected chi connectivity index (χ2v) is 8.72. The molecule has 3 aromatic rings. The van der Waals surface area contributed by atoms with E-state index in [1.807, 2.05) is 32.3 Å². The van der Waals surface area contributed by atoms with Gasteiger partial charge in [0.2, 0.25) is 0 Å². The van der Waals surface area contributed by atoms with E-state index < -0.39 is 5.97 Å². The maximum Gasteiger partial charge on any atom is 0.337 e. The molecule has 9 heteroatoms. The van der Waals surface area contributed by atoms with Gasteiger partial charge in [0, 0.05) is 16.6 Å². The molecule has 0 radical (unpaired) electrons. The number of amides is 1. The molecular weight excluding hydrogens is 490 g/mol. The van der Waals surface area contributed by atoms with E-state index in [4.69, 9.17) is 4.74 Å². The summed E-state index contributed by atoms with van der Waals surface area (Å²) in [6, 6.07) is 12.4. The van der Waals surface area contributed by atoms with Gasteiger partial charge in [0.05, 0.1) is 22.9 Å². The quantitative estimate of drug-likeness (QED) is 0.423. The zero-order valence-electron chi connectivity index (χ0n) is 16.9. The van der Waals surface area contributed by atoms with Crippen molar-refractivity contribution in [2.24, 2.45) is 0 Å². The van der Waals surface area contributed by atoms with Crippen LogP contribution in [0.1, 0.15) is 27.1 Å². The molecule has 0 atom stereocenters. The van der Waals surface area contributed by atoms with Crippen molar-refractivity contribution < 1.29 is 14.3 Å². The Balaban J connectivity index is 0.00000320. The zero-order chi connectivity index (χ0) is 21.0. The highest BCUT2D eigenvalue weighted by Gasteiger charge is 2.21. The van der Waals surface area contributed by atoms with Crippen LogP contribution in [0.4, 0.5) is 5.13 Å². The summed E-state index contributed by atoms with van der Waals surface area (Å²) in [6.07, 6.45) is 0.818. The van der Waals surface area contributed by atoms with Gasteiger partial charge >= 0.3 is 5.97 Å². The van der Waals surface area contributed by atoms with Crippen molar-refractivity contribution in [2.45, 2.75) is 6.42 Å². The van der Waals surface area contributed by atoms with Crippen LogP contribution in [0.15, 0.2) is 46.9 Å². The topological polar surface area (TPSA) is 62.7 Å². The number of carbonyl (C=O) groups is 2. The molecule has 0 spiro atoms. The maximum absolute atomic E-state index is 13.3. The number of ether oxygens (including phenoxy) is 1. The van der Waals surface area contributed by atoms with E-state index >= 15 is 0 Å². The number of anilines is 1. The van der Waals surface area contributed by atoms with Gasteiger partial charge in [-0.05, 0) is 69.5 Å². The van der Waals surface area contributed by atoms with E-state index in [0.717, 1.165) is 27.7 Å². The average Bonchev–Trinajstić information content (AvgIpc) is 3.12. The monoisotopic (exact) mass is 511 g/mol. The molecule has 1 heterocycles. The number of halogens is 2. The molecule has 0 saturated heterocycles. The standard InChI is InChI=1S/C21H22BrN3O3S.ClH/c1-24(2)11-4-12-25(21-23-17-10-9-16(22)13-18(17)29-21)19(26)14-5-7-15(8-6-14)20(27)28-3;/h5-10,13H,4,11-12H2,1-3H3;1H. The van der Waals surface area contributed by atoms with Crippen molar-refractivity contribution in [3.8, 4) is 0 Å². The lowest BCUT2D eigenvalue weighted by Gasteiger charge is -2.21. The number of carbonyl (C=O) groups excluding carboxylic acids is 2. The number of hydrogen-bond donors (Lipinski definition) is 0. The summed E-state index contributed by atoms with van der Waals surface area (Å²) in [5.41, 5.74) is 1.77. The minimum absolute atomic E-state index is 0. The second kappa shape index (κ2) is 10.9. The molecule has 3 rings (SSSR count). The predicted molar refractivity (Wildman–Crippen MR) is 127 cm³/mol. The summed E-state index contributed by atoms with van der Waals surface area (Å²) < 4.78 is 6.71. The summed E-state index contributed by atoms with van der Waals surface area (Å²) in [5.74, 6) is -0.568. The first-order chi connectivity index (χ1) is 13.9. The molecule has 0 unspecified atom stereocenters. The fraction of sp³-hybridized carbons (Fsp3) is 0.286. The first-order valence-corrected chi connectivity index (χ1v) is 10.7. The van der Waals surface area contributed by atoms with Gasteiger partial charge in [-0.15, -0.1) is 12.4 Å². The van der Waals surface area contributed by atoms with E-state index in [1.54, 1.807) is 29.2 Å². The third-order valence-corrected chi connectivity index (χ3v) is 5.89. The lowest BCUT2D eigenvalue weighted by molar-refractivity contribution is 0.0600. The first-order valence-electron chi connectivity index (χ1n) is 9.10. The van der Waals surface area contributed by atoms with Crippen molar-refractivity contribution in [2.75, 3.05) is 39.2 Å². The Hall–Kier alpha value is -2.00. The molecule has 30 heavy (non-hydrogen) atoms. The van der Waals surface area contributed by atoms with E-state index in [-0.39, 0.29) is 18.3 Å². The second-order valence-electron chi connectivity index (χ2n) is 6.79. The SMILES string of the molecule is COC(=O)c1ccc(C(=O)N(CCCN(C)C)c2nc3ccc(Br)cc3s2)cc1.Cl. The van der Waals surface area contributed by atoms with Gasteiger partial charge < -0.3 is 9.64 Å². The minimum Gasteiger partial charge on any atom is -0.465 e. The van der Waals surface area contributed by atoms with Crippen LogP contribution in [0.2, 0.25) is 0 Å². The maximum atomic E-state index is 13.3. The largest absolute Gasteiger partial charge is 0.465 e. The lowest BCUT2D eigenvalue weighted by Crippen LogP contribution is -2.33. The Kier molecular flexibility index (Phi) is 8.78. The smallest absolute Gasteiger partial charge is 0.337 e. The number of rotatable bonds is 7. The molecule has 0 fully saturated rings. The van der Waals surface area contributed by atoms with Crippen molar-refractivity contribution in [3.05, 3.63) is 58.1 Å². The van der Waals surface area contributed by atoms with Gasteiger partial charge in [0.15, 0.2) is 5.13 Å². The Morgan fingerprint density at radius 1 is 1.07 bits per heavy atom. The van der Waals surface area contributed by atoms with E-state index in [1.165, 1.54) is 18.4 Å². The van der Waals surface area contributed by atoms with Gasteiger partial charge in [-0.1, -0.05) is 27.3 Å². The molecule has 6 nitrogen and oxygen atoms in total. The highest BCUT2D eigenvalue weighted by atomic mass is 79.9. The van der Waals surface area contributed by atoms with Crippen LogP contribution < -0.4 is 4.90 Å². The van der Waals surface area contributed by atoms with Gasteiger partial charge in [-0.3, -0.25) is 9.69 Å². The van der Waals surface area contributed by atoms with Gasteiger partial charge in [0.25, 0.3) is 5.91 Å². The van der Waals surface area contributed by atoms with Crippen LogP contribution in [0.3, 0.4) is 0 Å². The van der Waals surface area contributed by atoms with Crippen molar-refractivity contribution >= 4 is 66.9 Å². The Labute approximate surface area is 194 Å². The molecule has 0 saturated carbocycles. The third kappa shape index (κ3) is 5.78. The van der Waals surface area contributed by atoms with Crippen LogP contribution in [0.25, 0.3) is 10.2 Å². The highest BCUT2D eigenvalue weighted by Crippen LogP contribution is 2.31. The Morgan fingerprint density at radius 3 is 2.37 bits per heavy atom. The van der Waals surface area contributed by atoms with Crippen LogP contribution in [-0.4, -0.2) is 56.1 Å². The minimum atomic E-state index is -0.427. The Bertz CT molecular complexity index is 1020. The molecule has 160 valence electrons. The average molecular weight is 513 g/mol. The van der Waals surface area contributed by atoms with Crippen molar-refractivity contribution in [1.82, 2.24) is 9.88 Å². The predicted octanol–water partition coefficient (Wildman–Crippen LogP) is 4.87. The third-order valence-electron chi connectivity index (χ3n) is 4.36. The summed E-state index contributed by atoms with van der Waals surface area (Å²) >= 11 is 4.97. The lowest BCUT2D eigenvalue weighted by atomic mass is 10.1. The van der Waals surface area contributed by atoms with Crippen LogP contribution in [0.5, 0.6) is 0 Å². The van der Waals surface area contributed by atoms with Crippen molar-refractivity contribution in [1.29, 1.82) is 0 Å². The molecule has 0 bridgehead atoms. The van der Waals surface area contributed by atoms with E-state index in [2.05, 4.69) is 25.8 Å². The molecular formula is C21H23BrClN3O3S. The zero-order valence-corrected chi connectivity index (χ0v) is 20.1. The number of esters is 1. The molecule has 0 aliphatic rings. The number of aromatic nitrogens is 1. The first kappa shape index (κ1) is 24.3. The molecule has 1 amide bonds. The normalized spacial score (nSPS) is 10.7. The number of nitrogens with zero attached hydrogens (tertiary/aromatic N) is 3. The number of benzene rings is 2. The fourth-order valence-corrected chi connectivity index (χ4v) is 4.40. The number of hydrogen-bond acceptors (Lipinski definition) is 6. The van der Waals surface area contributed by atoms with Crippen molar-refractivity contribution in [3.63, 3.8) is 0 Å². The molecule has 0 N–H and O–H groups in total. The Morgan fingerprint density at radius 2 is 1.73 bits per heavy atom. The summed E-state index contributed by atoms with van der Waals surface area (Å²) in [6.45, 7) is 1.41. The van der Waals surface area contributed by atoms with Crippen LogP contribution in [0, 0.1) is 0 Å². The summed E-state index contributed by atoms with van der Waals surface area (Å²) in [4.78, 5) is 33.4. The fourth-order valence-electron chi connectivity index (χ4n) is 2.85. The van der Waals surface area contributed by atoms with Gasteiger partial charge in [-0.2, -0.15) is 0 Å². The van der Waals surface area contributed by atoms with Crippen LogP contribution in [-0.2, 0) is 4.74 Å². The van der Waals surface area contributed by atoms with E-state index in [9.17, 15) is 9.59 Å². The van der Waals surface area contributed by atoms with Gasteiger partial charge in [0.1, 0.15) is 0 Å². The highest BCUT2D eigenvalue weighted by molar-refractivity contribution is 9.10. The molecule has 0 aliphatic carbocycles.